The molecule has 0 aromatic heterocycles. The van der Waals surface area contributed by atoms with Crippen molar-refractivity contribution in [1.29, 1.82) is 0 Å². The van der Waals surface area contributed by atoms with Crippen LogP contribution in [-0.4, -0.2) is 49.7 Å². The Bertz CT molecular complexity index is 629. The molecule has 124 valence electrons. The summed E-state index contributed by atoms with van der Waals surface area (Å²) in [6.07, 6.45) is 2.67. The average Bonchev–Trinajstić information content (AvgIpc) is 3.21. The molecule has 1 aromatic carbocycles. The molecule has 4 nitrogen and oxygen atoms in total. The SMILES string of the molecule is CN(C)[C@@H]1[C@@H](NC(=O)C2(c3ccccc3F)CC2)[C@H]2CCO[C@H]21. The van der Waals surface area contributed by atoms with Crippen molar-refractivity contribution in [2.75, 3.05) is 20.7 Å². The van der Waals surface area contributed by atoms with Crippen LogP contribution in [0.15, 0.2) is 24.3 Å². The van der Waals surface area contributed by atoms with Gasteiger partial charge < -0.3 is 15.0 Å². The fourth-order valence-electron chi connectivity index (χ4n) is 4.37. The van der Waals surface area contributed by atoms with E-state index in [0.717, 1.165) is 25.9 Å². The molecule has 1 saturated heterocycles. The summed E-state index contributed by atoms with van der Waals surface area (Å²) < 4.78 is 19.9. The van der Waals surface area contributed by atoms with Gasteiger partial charge in [0.15, 0.2) is 0 Å². The molecule has 0 bridgehead atoms. The van der Waals surface area contributed by atoms with E-state index in [0.29, 0.717) is 11.5 Å². The summed E-state index contributed by atoms with van der Waals surface area (Å²) in [5, 5.41) is 3.22. The number of fused-ring (bicyclic) bond motifs is 1. The highest BCUT2D eigenvalue weighted by Crippen LogP contribution is 2.50. The summed E-state index contributed by atoms with van der Waals surface area (Å²) in [6, 6.07) is 6.97. The van der Waals surface area contributed by atoms with Gasteiger partial charge in [0.1, 0.15) is 5.82 Å². The van der Waals surface area contributed by atoms with Gasteiger partial charge in [-0.15, -0.1) is 0 Å². The van der Waals surface area contributed by atoms with Crippen molar-refractivity contribution in [1.82, 2.24) is 10.2 Å². The second kappa shape index (κ2) is 5.28. The van der Waals surface area contributed by atoms with Crippen LogP contribution in [0.25, 0.3) is 0 Å². The average molecular weight is 318 g/mol. The van der Waals surface area contributed by atoms with Crippen LogP contribution in [0.3, 0.4) is 0 Å². The van der Waals surface area contributed by atoms with Crippen LogP contribution in [-0.2, 0) is 14.9 Å². The minimum atomic E-state index is -0.660. The smallest absolute Gasteiger partial charge is 0.231 e. The lowest BCUT2D eigenvalue weighted by atomic mass is 9.70. The molecule has 4 rings (SSSR count). The number of hydrogen-bond acceptors (Lipinski definition) is 3. The number of nitrogens with one attached hydrogen (secondary N) is 1. The molecule has 0 radical (unpaired) electrons. The number of carbonyl (C=O) groups is 1. The van der Waals surface area contributed by atoms with Gasteiger partial charge in [-0.05, 0) is 39.4 Å². The van der Waals surface area contributed by atoms with Gasteiger partial charge in [0.2, 0.25) is 5.91 Å². The fraction of sp³-hybridized carbons (Fsp3) is 0.611. The molecule has 4 atom stereocenters. The van der Waals surface area contributed by atoms with E-state index < -0.39 is 5.41 Å². The van der Waals surface area contributed by atoms with Gasteiger partial charge in [-0.3, -0.25) is 4.79 Å². The van der Waals surface area contributed by atoms with Crippen LogP contribution >= 0.6 is 0 Å². The van der Waals surface area contributed by atoms with E-state index in [9.17, 15) is 9.18 Å². The Morgan fingerprint density at radius 1 is 1.35 bits per heavy atom. The Morgan fingerprint density at radius 2 is 2.09 bits per heavy atom. The Kier molecular flexibility index (Phi) is 3.46. The number of nitrogens with zero attached hydrogens (tertiary/aromatic N) is 1. The number of halogens is 1. The third-order valence-electron chi connectivity index (χ3n) is 5.82. The van der Waals surface area contributed by atoms with Crippen LogP contribution in [0.5, 0.6) is 0 Å². The van der Waals surface area contributed by atoms with E-state index in [1.807, 2.05) is 14.1 Å². The van der Waals surface area contributed by atoms with Crippen LogP contribution in [0.2, 0.25) is 0 Å². The van der Waals surface area contributed by atoms with E-state index in [2.05, 4.69) is 10.2 Å². The van der Waals surface area contributed by atoms with Gasteiger partial charge in [-0.1, -0.05) is 18.2 Å². The van der Waals surface area contributed by atoms with E-state index >= 15 is 0 Å². The van der Waals surface area contributed by atoms with E-state index in [4.69, 9.17) is 4.74 Å². The highest BCUT2D eigenvalue weighted by atomic mass is 19.1. The van der Waals surface area contributed by atoms with E-state index in [1.54, 1.807) is 18.2 Å². The summed E-state index contributed by atoms with van der Waals surface area (Å²) in [4.78, 5) is 15.0. The Morgan fingerprint density at radius 3 is 2.74 bits per heavy atom. The molecule has 2 saturated carbocycles. The van der Waals surface area contributed by atoms with Crippen molar-refractivity contribution >= 4 is 5.91 Å². The van der Waals surface area contributed by atoms with Crippen LogP contribution in [0.4, 0.5) is 4.39 Å². The first-order chi connectivity index (χ1) is 11.0. The highest BCUT2D eigenvalue weighted by molar-refractivity contribution is 5.91. The zero-order valence-electron chi connectivity index (χ0n) is 13.6. The molecule has 1 aliphatic heterocycles. The van der Waals surface area contributed by atoms with Gasteiger partial charge >= 0.3 is 0 Å². The zero-order chi connectivity index (χ0) is 16.2. The monoisotopic (exact) mass is 318 g/mol. The number of likely N-dealkylation sites (N-methyl/N-ethyl adjacent to an activating group) is 1. The van der Waals surface area contributed by atoms with Crippen LogP contribution in [0, 0.1) is 11.7 Å². The summed E-state index contributed by atoms with van der Waals surface area (Å²) in [5.74, 6) is 0.0903. The van der Waals surface area contributed by atoms with E-state index in [1.165, 1.54) is 6.07 Å². The molecule has 3 fully saturated rings. The molecule has 3 aliphatic rings. The van der Waals surface area contributed by atoms with Crippen molar-refractivity contribution < 1.29 is 13.9 Å². The second-order valence-electron chi connectivity index (χ2n) is 7.30. The quantitative estimate of drug-likeness (QED) is 0.918. The maximum Gasteiger partial charge on any atom is 0.231 e. The van der Waals surface area contributed by atoms with Crippen molar-refractivity contribution in [2.24, 2.45) is 5.92 Å². The lowest BCUT2D eigenvalue weighted by Crippen LogP contribution is -2.70. The van der Waals surface area contributed by atoms with Crippen LogP contribution < -0.4 is 5.32 Å². The molecule has 1 heterocycles. The predicted octanol–water partition coefficient (Wildman–Crippen LogP) is 1.69. The van der Waals surface area contributed by atoms with Crippen molar-refractivity contribution in [3.63, 3.8) is 0 Å². The number of hydrogen-bond donors (Lipinski definition) is 1. The van der Waals surface area contributed by atoms with Gasteiger partial charge in [-0.2, -0.15) is 0 Å². The van der Waals surface area contributed by atoms with Crippen molar-refractivity contribution in [3.8, 4) is 0 Å². The summed E-state index contributed by atoms with van der Waals surface area (Å²) in [6.45, 7) is 0.768. The highest BCUT2D eigenvalue weighted by Gasteiger charge is 2.59. The maximum atomic E-state index is 14.1. The molecule has 1 N–H and O–H groups in total. The van der Waals surface area contributed by atoms with Crippen LogP contribution in [0.1, 0.15) is 24.8 Å². The summed E-state index contributed by atoms with van der Waals surface area (Å²) in [7, 11) is 4.04. The summed E-state index contributed by atoms with van der Waals surface area (Å²) in [5.41, 5.74) is -0.121. The predicted molar refractivity (Wildman–Crippen MR) is 84.6 cm³/mol. The first kappa shape index (κ1) is 15.1. The number of amides is 1. The number of rotatable bonds is 4. The summed E-state index contributed by atoms with van der Waals surface area (Å²) >= 11 is 0. The molecule has 0 spiro atoms. The number of carbonyl (C=O) groups excluding carboxylic acids is 1. The molecular weight excluding hydrogens is 295 g/mol. The third-order valence-corrected chi connectivity index (χ3v) is 5.82. The Hall–Kier alpha value is -1.46. The number of ether oxygens (including phenoxy) is 1. The minimum absolute atomic E-state index is 0.0233. The zero-order valence-corrected chi connectivity index (χ0v) is 13.6. The molecule has 23 heavy (non-hydrogen) atoms. The minimum Gasteiger partial charge on any atom is -0.376 e. The molecule has 0 unspecified atom stereocenters. The van der Waals surface area contributed by atoms with Crippen molar-refractivity contribution in [2.45, 2.75) is 42.9 Å². The van der Waals surface area contributed by atoms with Gasteiger partial charge in [-0.25, -0.2) is 4.39 Å². The largest absolute Gasteiger partial charge is 0.376 e. The lowest BCUT2D eigenvalue weighted by Gasteiger charge is -2.51. The normalized spacial score (nSPS) is 33.9. The first-order valence-corrected chi connectivity index (χ1v) is 8.38. The lowest BCUT2D eigenvalue weighted by molar-refractivity contribution is -0.130. The second-order valence-corrected chi connectivity index (χ2v) is 7.30. The number of benzene rings is 1. The van der Waals surface area contributed by atoms with Gasteiger partial charge in [0.25, 0.3) is 0 Å². The molecule has 1 amide bonds. The maximum absolute atomic E-state index is 14.1. The first-order valence-electron chi connectivity index (χ1n) is 8.38. The molecule has 5 heteroatoms. The van der Waals surface area contributed by atoms with Crippen molar-refractivity contribution in [3.05, 3.63) is 35.6 Å². The molecular formula is C18H23FN2O2. The van der Waals surface area contributed by atoms with E-state index in [-0.39, 0.29) is 29.9 Å². The fourth-order valence-corrected chi connectivity index (χ4v) is 4.37. The molecule has 1 aromatic rings. The standard InChI is InChI=1S/C18H23FN2O2/c1-21(2)15-14(11-7-10-23-16(11)15)20-17(22)18(8-9-18)12-5-3-4-6-13(12)19/h3-6,11,14-16H,7-10H2,1-2H3,(H,20,22)/t11-,14+,15-,16-/m1/s1. The third kappa shape index (κ3) is 2.21. The topological polar surface area (TPSA) is 41.6 Å². The van der Waals surface area contributed by atoms with Gasteiger partial charge in [0, 0.05) is 18.1 Å². The Balaban J connectivity index is 1.53. The molecule has 2 aliphatic carbocycles. The van der Waals surface area contributed by atoms with Gasteiger partial charge in [0.05, 0.1) is 23.6 Å². The Labute approximate surface area is 136 Å².